The molecule has 2 aromatic heterocycles. The van der Waals surface area contributed by atoms with Crippen LogP contribution in [0.15, 0.2) is 24.4 Å². The fourth-order valence-electron chi connectivity index (χ4n) is 4.73. The molecular formula is C22H30N4O3. The number of nitrogens with zero attached hydrogens (tertiary/aromatic N) is 4. The Labute approximate surface area is 171 Å². The molecule has 3 atom stereocenters. The third-order valence-corrected chi connectivity index (χ3v) is 6.04. The molecule has 7 nitrogen and oxygen atoms in total. The highest BCUT2D eigenvalue weighted by molar-refractivity contribution is 5.82. The van der Waals surface area contributed by atoms with Gasteiger partial charge in [-0.15, -0.1) is 0 Å². The van der Waals surface area contributed by atoms with Gasteiger partial charge >= 0.3 is 0 Å². The second-order valence-corrected chi connectivity index (χ2v) is 8.43. The minimum absolute atomic E-state index is 0.0455. The van der Waals surface area contributed by atoms with E-state index < -0.39 is 0 Å². The van der Waals surface area contributed by atoms with Crippen molar-refractivity contribution in [2.75, 3.05) is 26.2 Å². The standard InChI is InChI=1S/C22H30N4O3/c1-15-11-25(12-16(2)29-15)21(28)14-26-20(10-18-6-4-8-23-22(18)26)19-7-5-9-24(13-19)17(3)27/h4,6,8,10,15-16,19H,5,7,9,11-14H2,1-3H3/t15-,16-,19+/m1/s1. The average molecular weight is 399 g/mol. The van der Waals surface area contributed by atoms with E-state index in [0.717, 1.165) is 36.1 Å². The van der Waals surface area contributed by atoms with Crippen LogP contribution in [0.5, 0.6) is 0 Å². The first-order valence-corrected chi connectivity index (χ1v) is 10.5. The summed E-state index contributed by atoms with van der Waals surface area (Å²) >= 11 is 0. The number of hydrogen-bond acceptors (Lipinski definition) is 4. The number of pyridine rings is 1. The number of aromatic nitrogens is 2. The van der Waals surface area contributed by atoms with Crippen LogP contribution >= 0.6 is 0 Å². The maximum Gasteiger partial charge on any atom is 0.242 e. The van der Waals surface area contributed by atoms with Crippen molar-refractivity contribution in [2.45, 2.75) is 58.3 Å². The van der Waals surface area contributed by atoms with Gasteiger partial charge in [0, 0.05) is 56.3 Å². The van der Waals surface area contributed by atoms with Gasteiger partial charge in [0.15, 0.2) is 0 Å². The summed E-state index contributed by atoms with van der Waals surface area (Å²) in [6.07, 6.45) is 3.86. The summed E-state index contributed by atoms with van der Waals surface area (Å²) in [6, 6.07) is 6.11. The molecule has 0 bridgehead atoms. The maximum absolute atomic E-state index is 13.2. The lowest BCUT2D eigenvalue weighted by molar-refractivity contribution is -0.143. The van der Waals surface area contributed by atoms with Crippen molar-refractivity contribution in [3.8, 4) is 0 Å². The van der Waals surface area contributed by atoms with Gasteiger partial charge < -0.3 is 19.1 Å². The molecule has 0 aromatic carbocycles. The Bertz CT molecular complexity index is 899. The van der Waals surface area contributed by atoms with Crippen LogP contribution < -0.4 is 0 Å². The first kappa shape index (κ1) is 19.9. The Balaban J connectivity index is 1.63. The Morgan fingerprint density at radius 2 is 1.93 bits per heavy atom. The molecule has 4 rings (SSSR count). The highest BCUT2D eigenvalue weighted by atomic mass is 16.5. The third kappa shape index (κ3) is 4.15. The van der Waals surface area contributed by atoms with E-state index in [2.05, 4.69) is 15.6 Å². The van der Waals surface area contributed by atoms with E-state index in [-0.39, 0.29) is 36.5 Å². The van der Waals surface area contributed by atoms with Gasteiger partial charge in [0.25, 0.3) is 0 Å². The van der Waals surface area contributed by atoms with Gasteiger partial charge in [-0.25, -0.2) is 4.98 Å². The summed E-state index contributed by atoms with van der Waals surface area (Å²) in [5, 5.41) is 1.04. The van der Waals surface area contributed by atoms with Crippen LogP contribution in [0.1, 0.15) is 45.2 Å². The first-order valence-electron chi connectivity index (χ1n) is 10.5. The third-order valence-electron chi connectivity index (χ3n) is 6.04. The molecule has 7 heteroatoms. The van der Waals surface area contributed by atoms with Gasteiger partial charge in [-0.3, -0.25) is 9.59 Å². The second-order valence-electron chi connectivity index (χ2n) is 8.43. The van der Waals surface area contributed by atoms with Gasteiger partial charge in [0.05, 0.1) is 12.2 Å². The minimum Gasteiger partial charge on any atom is -0.372 e. The average Bonchev–Trinajstić information content (AvgIpc) is 3.06. The van der Waals surface area contributed by atoms with Crippen molar-refractivity contribution in [3.63, 3.8) is 0 Å². The Hall–Kier alpha value is -2.41. The molecule has 2 amide bonds. The van der Waals surface area contributed by atoms with Crippen LogP contribution in [0.4, 0.5) is 0 Å². The Morgan fingerprint density at radius 1 is 1.17 bits per heavy atom. The first-order chi connectivity index (χ1) is 13.9. The van der Waals surface area contributed by atoms with Crippen molar-refractivity contribution < 1.29 is 14.3 Å². The van der Waals surface area contributed by atoms with Gasteiger partial charge in [-0.2, -0.15) is 0 Å². The van der Waals surface area contributed by atoms with Gasteiger partial charge in [0.1, 0.15) is 12.2 Å². The molecule has 4 heterocycles. The Kier molecular flexibility index (Phi) is 5.58. The fraction of sp³-hybridized carbons (Fsp3) is 0.591. The molecule has 2 fully saturated rings. The van der Waals surface area contributed by atoms with Crippen LogP contribution in [-0.2, 0) is 20.9 Å². The van der Waals surface area contributed by atoms with E-state index in [9.17, 15) is 9.59 Å². The van der Waals surface area contributed by atoms with E-state index in [4.69, 9.17) is 4.74 Å². The molecule has 0 radical (unpaired) electrons. The van der Waals surface area contributed by atoms with Crippen molar-refractivity contribution in [1.29, 1.82) is 0 Å². The lowest BCUT2D eigenvalue weighted by Gasteiger charge is -2.36. The van der Waals surface area contributed by atoms with Crippen molar-refractivity contribution in [2.24, 2.45) is 0 Å². The zero-order valence-electron chi connectivity index (χ0n) is 17.5. The van der Waals surface area contributed by atoms with E-state index in [0.29, 0.717) is 19.6 Å². The molecule has 2 saturated heterocycles. The van der Waals surface area contributed by atoms with Crippen molar-refractivity contribution in [1.82, 2.24) is 19.4 Å². The van der Waals surface area contributed by atoms with E-state index >= 15 is 0 Å². The lowest BCUT2D eigenvalue weighted by Crippen LogP contribution is -2.49. The molecule has 0 N–H and O–H groups in total. The molecule has 2 aromatic rings. The SMILES string of the molecule is CC(=O)N1CCC[C@H](c2cc3cccnc3n2CC(=O)N2C[C@@H](C)O[C@H](C)C2)C1. The Morgan fingerprint density at radius 3 is 2.66 bits per heavy atom. The van der Waals surface area contributed by atoms with E-state index in [1.807, 2.05) is 35.8 Å². The number of carbonyl (C=O) groups excluding carboxylic acids is 2. The quantitative estimate of drug-likeness (QED) is 0.796. The molecule has 0 aliphatic carbocycles. The molecule has 2 aliphatic rings. The minimum atomic E-state index is 0.0455. The number of amides is 2. The number of fused-ring (bicyclic) bond motifs is 1. The van der Waals surface area contributed by atoms with Crippen LogP contribution in [0, 0.1) is 0 Å². The number of ether oxygens (including phenoxy) is 1. The number of hydrogen-bond donors (Lipinski definition) is 0. The van der Waals surface area contributed by atoms with E-state index in [1.54, 1.807) is 13.1 Å². The molecule has 156 valence electrons. The van der Waals surface area contributed by atoms with Crippen LogP contribution in [0.3, 0.4) is 0 Å². The number of rotatable bonds is 3. The van der Waals surface area contributed by atoms with Gasteiger partial charge in [-0.1, -0.05) is 0 Å². The topological polar surface area (TPSA) is 67.7 Å². The fourth-order valence-corrected chi connectivity index (χ4v) is 4.73. The van der Waals surface area contributed by atoms with Crippen LogP contribution in [0.25, 0.3) is 11.0 Å². The summed E-state index contributed by atoms with van der Waals surface area (Å²) < 4.78 is 7.84. The van der Waals surface area contributed by atoms with Gasteiger partial charge in [0.2, 0.25) is 11.8 Å². The molecule has 0 unspecified atom stereocenters. The van der Waals surface area contributed by atoms with Gasteiger partial charge in [-0.05, 0) is 44.9 Å². The van der Waals surface area contributed by atoms with E-state index in [1.165, 1.54) is 0 Å². The summed E-state index contributed by atoms with van der Waals surface area (Å²) in [7, 11) is 0. The lowest BCUT2D eigenvalue weighted by atomic mass is 9.94. The number of piperidine rings is 1. The predicted octanol–water partition coefficient (Wildman–Crippen LogP) is 2.40. The highest BCUT2D eigenvalue weighted by Gasteiger charge is 2.29. The number of likely N-dealkylation sites (tertiary alicyclic amines) is 1. The summed E-state index contributed by atoms with van der Waals surface area (Å²) in [6.45, 7) is 8.66. The number of carbonyl (C=O) groups is 2. The largest absolute Gasteiger partial charge is 0.372 e. The smallest absolute Gasteiger partial charge is 0.242 e. The van der Waals surface area contributed by atoms with Crippen molar-refractivity contribution in [3.05, 3.63) is 30.1 Å². The zero-order valence-corrected chi connectivity index (χ0v) is 17.5. The maximum atomic E-state index is 13.2. The van der Waals surface area contributed by atoms with Crippen molar-refractivity contribution >= 4 is 22.8 Å². The highest BCUT2D eigenvalue weighted by Crippen LogP contribution is 2.31. The molecule has 2 aliphatic heterocycles. The normalized spacial score (nSPS) is 25.4. The predicted molar refractivity (Wildman–Crippen MR) is 111 cm³/mol. The summed E-state index contributed by atoms with van der Waals surface area (Å²) in [4.78, 5) is 33.5. The molecule has 29 heavy (non-hydrogen) atoms. The van der Waals surface area contributed by atoms with Crippen LogP contribution in [-0.4, -0.2) is 69.6 Å². The summed E-state index contributed by atoms with van der Waals surface area (Å²) in [5.41, 5.74) is 1.94. The monoisotopic (exact) mass is 398 g/mol. The second kappa shape index (κ2) is 8.14. The van der Waals surface area contributed by atoms with Crippen LogP contribution in [0.2, 0.25) is 0 Å². The summed E-state index contributed by atoms with van der Waals surface area (Å²) in [5.74, 6) is 0.427. The molecule has 0 saturated carbocycles. The molecular weight excluding hydrogens is 368 g/mol. The zero-order chi connectivity index (χ0) is 20.5. The number of morpholine rings is 1. The molecule has 0 spiro atoms.